The van der Waals surface area contributed by atoms with Gasteiger partial charge in [0.15, 0.2) is 0 Å². The molecular formula is C23H34F3NO5S. The number of carbonyl (C=O) groups is 1. The molecule has 0 bridgehead atoms. The molecule has 0 N–H and O–H groups in total. The molecule has 1 amide bonds. The topological polar surface area (TPSA) is 72.9 Å². The Morgan fingerprint density at radius 2 is 1.64 bits per heavy atom. The molecule has 1 aliphatic carbocycles. The zero-order valence-electron chi connectivity index (χ0n) is 20.3. The molecule has 0 radical (unpaired) electrons. The van der Waals surface area contributed by atoms with E-state index >= 15 is 0 Å². The maximum absolute atomic E-state index is 13.2. The Labute approximate surface area is 194 Å². The Balaban J connectivity index is 0.00000187. The molecule has 1 spiro atoms. The largest absolute Gasteiger partial charge is 0.534 e. The third-order valence-corrected chi connectivity index (χ3v) is 6.87. The fourth-order valence-corrected chi connectivity index (χ4v) is 5.29. The van der Waals surface area contributed by atoms with Gasteiger partial charge in [0.1, 0.15) is 11.4 Å². The number of alkyl halides is 3. The first-order valence-corrected chi connectivity index (χ1v) is 12.7. The SMILES string of the molecule is CC.Cc1cc(OS(=O)(=O)C(F)(F)F)cc2c1C(C)N(C(=O)OC(C)(C)C)C21CCCCC1. The first-order valence-electron chi connectivity index (χ1n) is 11.3. The van der Waals surface area contributed by atoms with Crippen LogP contribution in [0.25, 0.3) is 0 Å². The molecule has 1 aromatic rings. The zero-order chi connectivity index (χ0) is 25.4. The molecule has 3 rings (SSSR count). The van der Waals surface area contributed by atoms with Crippen LogP contribution < -0.4 is 4.18 Å². The summed E-state index contributed by atoms with van der Waals surface area (Å²) in [5.74, 6) is -0.406. The van der Waals surface area contributed by atoms with Gasteiger partial charge in [-0.15, -0.1) is 0 Å². The maximum Gasteiger partial charge on any atom is 0.534 e. The van der Waals surface area contributed by atoms with Crippen molar-refractivity contribution in [2.24, 2.45) is 0 Å². The van der Waals surface area contributed by atoms with E-state index < -0.39 is 38.6 Å². The summed E-state index contributed by atoms with van der Waals surface area (Å²) in [4.78, 5) is 14.9. The molecule has 1 aliphatic heterocycles. The molecule has 0 aromatic heterocycles. The predicted molar refractivity (Wildman–Crippen MR) is 119 cm³/mol. The second kappa shape index (κ2) is 9.35. The van der Waals surface area contributed by atoms with E-state index in [4.69, 9.17) is 4.74 Å². The molecule has 1 saturated carbocycles. The number of hydrogen-bond donors (Lipinski definition) is 0. The number of benzene rings is 1. The highest BCUT2D eigenvalue weighted by Gasteiger charge is 2.54. The Kier molecular flexibility index (Phi) is 7.73. The van der Waals surface area contributed by atoms with Crippen molar-refractivity contribution in [3.8, 4) is 5.75 Å². The van der Waals surface area contributed by atoms with Gasteiger partial charge in [0.2, 0.25) is 0 Å². The molecule has 0 saturated heterocycles. The highest BCUT2D eigenvalue weighted by molar-refractivity contribution is 7.88. The van der Waals surface area contributed by atoms with Crippen molar-refractivity contribution in [1.29, 1.82) is 0 Å². The minimum Gasteiger partial charge on any atom is -0.444 e. The number of rotatable bonds is 2. The van der Waals surface area contributed by atoms with E-state index in [-0.39, 0.29) is 6.04 Å². The van der Waals surface area contributed by atoms with Crippen LogP contribution in [0.5, 0.6) is 5.75 Å². The van der Waals surface area contributed by atoms with Gasteiger partial charge in [-0.05, 0) is 76.3 Å². The lowest BCUT2D eigenvalue weighted by atomic mass is 9.76. The first kappa shape index (κ1) is 27.3. The van der Waals surface area contributed by atoms with Crippen molar-refractivity contribution in [2.45, 2.75) is 103 Å². The molecule has 1 atom stereocenters. The normalized spacial score (nSPS) is 20.1. The van der Waals surface area contributed by atoms with Crippen molar-refractivity contribution in [3.63, 3.8) is 0 Å². The Morgan fingerprint density at radius 3 is 2.12 bits per heavy atom. The summed E-state index contributed by atoms with van der Waals surface area (Å²) in [6.07, 6.45) is 3.36. The van der Waals surface area contributed by atoms with Gasteiger partial charge >= 0.3 is 21.7 Å². The molecule has 2 aliphatic rings. The number of nitrogens with zero attached hydrogens (tertiary/aromatic N) is 1. The van der Waals surface area contributed by atoms with Gasteiger partial charge < -0.3 is 8.92 Å². The average Bonchev–Trinajstić information content (AvgIpc) is 2.89. The third-order valence-electron chi connectivity index (χ3n) is 5.89. The summed E-state index contributed by atoms with van der Waals surface area (Å²) in [6.45, 7) is 12.8. The fourth-order valence-electron chi connectivity index (χ4n) is 4.85. The number of halogens is 3. The molecule has 188 valence electrons. The molecule has 33 heavy (non-hydrogen) atoms. The van der Waals surface area contributed by atoms with Crippen LogP contribution in [-0.2, 0) is 20.4 Å². The smallest absolute Gasteiger partial charge is 0.444 e. The van der Waals surface area contributed by atoms with Gasteiger partial charge in [-0.25, -0.2) is 4.79 Å². The highest BCUT2D eigenvalue weighted by Crippen LogP contribution is 2.55. The van der Waals surface area contributed by atoms with Crippen molar-refractivity contribution in [2.75, 3.05) is 0 Å². The summed E-state index contributed by atoms with van der Waals surface area (Å²) in [7, 11) is -5.80. The van der Waals surface area contributed by atoms with Gasteiger partial charge in [0.25, 0.3) is 0 Å². The van der Waals surface area contributed by atoms with Crippen molar-refractivity contribution >= 4 is 16.2 Å². The molecular weight excluding hydrogens is 459 g/mol. The van der Waals surface area contributed by atoms with Gasteiger partial charge in [-0.2, -0.15) is 21.6 Å². The number of carbonyl (C=O) groups excluding carboxylic acids is 1. The van der Waals surface area contributed by atoms with Crippen molar-refractivity contribution in [3.05, 3.63) is 28.8 Å². The van der Waals surface area contributed by atoms with Gasteiger partial charge in [-0.1, -0.05) is 33.1 Å². The monoisotopic (exact) mass is 493 g/mol. The maximum atomic E-state index is 13.2. The Morgan fingerprint density at radius 1 is 1.09 bits per heavy atom. The molecule has 1 aromatic carbocycles. The van der Waals surface area contributed by atoms with Gasteiger partial charge in [0, 0.05) is 0 Å². The van der Waals surface area contributed by atoms with Crippen molar-refractivity contribution in [1.82, 2.24) is 4.90 Å². The Hall–Kier alpha value is -1.97. The highest BCUT2D eigenvalue weighted by atomic mass is 32.2. The van der Waals surface area contributed by atoms with Crippen LogP contribution in [0.2, 0.25) is 0 Å². The molecule has 1 unspecified atom stereocenters. The summed E-state index contributed by atoms with van der Waals surface area (Å²) >= 11 is 0. The van der Waals surface area contributed by atoms with Crippen molar-refractivity contribution < 1.29 is 35.3 Å². The standard InChI is InChI=1S/C21H28F3NO5S.C2H6/c1-13-11-15(30-31(27,28)21(22,23)24)12-16-17(13)14(2)25(18(26)29-19(3,4)5)20(16)9-7-6-8-10-20;1-2/h11-12,14H,6-10H2,1-5H3;1-2H3. The number of aryl methyl sites for hydroxylation is 1. The molecule has 10 heteroatoms. The second-order valence-corrected chi connectivity index (χ2v) is 10.8. The third kappa shape index (κ3) is 5.25. The average molecular weight is 494 g/mol. The van der Waals surface area contributed by atoms with E-state index in [1.807, 2.05) is 20.8 Å². The summed E-state index contributed by atoms with van der Waals surface area (Å²) in [5, 5.41) is 0. The van der Waals surface area contributed by atoms with Crippen LogP contribution in [0.15, 0.2) is 12.1 Å². The lowest BCUT2D eigenvalue weighted by Crippen LogP contribution is -2.48. The fraction of sp³-hybridized carbons (Fsp3) is 0.696. The van der Waals surface area contributed by atoms with Crippen LogP contribution in [0.4, 0.5) is 18.0 Å². The van der Waals surface area contributed by atoms with Gasteiger partial charge in [0.05, 0.1) is 11.6 Å². The van der Waals surface area contributed by atoms with E-state index in [9.17, 15) is 26.4 Å². The number of hydrogen-bond acceptors (Lipinski definition) is 5. The minimum atomic E-state index is -5.80. The summed E-state index contributed by atoms with van der Waals surface area (Å²) in [5.41, 5.74) is -5.03. The zero-order valence-corrected chi connectivity index (χ0v) is 21.1. The second-order valence-electron chi connectivity index (χ2n) is 9.30. The number of amides is 1. The van der Waals surface area contributed by atoms with E-state index in [0.717, 1.165) is 24.8 Å². The van der Waals surface area contributed by atoms with E-state index in [1.165, 1.54) is 12.1 Å². The van der Waals surface area contributed by atoms with Crippen LogP contribution >= 0.6 is 0 Å². The quantitative estimate of drug-likeness (QED) is 0.338. The summed E-state index contributed by atoms with van der Waals surface area (Å²) in [6, 6.07) is 2.24. The Bertz CT molecular complexity index is 977. The number of ether oxygens (including phenoxy) is 1. The van der Waals surface area contributed by atoms with Crippen LogP contribution in [0.1, 0.15) is 96.4 Å². The van der Waals surface area contributed by atoms with Gasteiger partial charge in [-0.3, -0.25) is 4.90 Å². The molecule has 1 heterocycles. The van der Waals surface area contributed by atoms with Crippen LogP contribution in [-0.4, -0.2) is 30.5 Å². The minimum absolute atomic E-state index is 0.378. The van der Waals surface area contributed by atoms with E-state index in [0.29, 0.717) is 24.0 Å². The van der Waals surface area contributed by atoms with Crippen LogP contribution in [0.3, 0.4) is 0 Å². The molecule has 1 fully saturated rings. The predicted octanol–water partition coefficient (Wildman–Crippen LogP) is 6.72. The molecule has 6 nitrogen and oxygen atoms in total. The van der Waals surface area contributed by atoms with Crippen LogP contribution in [0, 0.1) is 6.92 Å². The van der Waals surface area contributed by atoms with E-state index in [2.05, 4.69) is 4.18 Å². The van der Waals surface area contributed by atoms with E-state index in [1.54, 1.807) is 32.6 Å². The summed E-state index contributed by atoms with van der Waals surface area (Å²) < 4.78 is 71.8. The lowest BCUT2D eigenvalue weighted by Gasteiger charge is -2.44. The number of fused-ring (bicyclic) bond motifs is 2. The lowest BCUT2D eigenvalue weighted by molar-refractivity contribution is -0.0500. The first-order chi connectivity index (χ1) is 15.1.